The number of nitrogens with one attached hydrogen (secondary N) is 2. The third-order valence-electron chi connectivity index (χ3n) is 4.02. The van der Waals surface area contributed by atoms with E-state index in [0.717, 1.165) is 5.69 Å². The number of halogens is 1. The van der Waals surface area contributed by atoms with Gasteiger partial charge in [0.1, 0.15) is 0 Å². The molecule has 3 aromatic rings. The molecule has 6 nitrogen and oxygen atoms in total. The van der Waals surface area contributed by atoms with Crippen LogP contribution >= 0.6 is 28.1 Å². The van der Waals surface area contributed by atoms with Gasteiger partial charge in [0.25, 0.3) is 11.8 Å². The maximum atomic E-state index is 13.0. The number of thiocarbonyl (C=S) groups is 1. The zero-order valence-electron chi connectivity index (χ0n) is 15.5. The van der Waals surface area contributed by atoms with Gasteiger partial charge in [-0.05, 0) is 77.5 Å². The van der Waals surface area contributed by atoms with Crippen LogP contribution in [-0.2, 0) is 0 Å². The van der Waals surface area contributed by atoms with Crippen LogP contribution in [0.4, 0.5) is 11.4 Å². The summed E-state index contributed by atoms with van der Waals surface area (Å²) in [6.45, 7) is 2.46. The van der Waals surface area contributed by atoms with Gasteiger partial charge in [-0.1, -0.05) is 24.3 Å². The van der Waals surface area contributed by atoms with E-state index >= 15 is 0 Å². The Labute approximate surface area is 182 Å². The normalized spacial score (nSPS) is 10.3. The lowest BCUT2D eigenvalue weighted by molar-refractivity contribution is 0.0948. The fourth-order valence-electron chi connectivity index (χ4n) is 2.70. The van der Waals surface area contributed by atoms with Crippen LogP contribution in [-0.4, -0.2) is 23.5 Å². The Hall–Kier alpha value is -2.97. The number of para-hydroxylation sites is 1. The molecule has 2 aromatic carbocycles. The summed E-state index contributed by atoms with van der Waals surface area (Å²) in [5.41, 5.74) is 1.92. The van der Waals surface area contributed by atoms with Crippen molar-refractivity contribution in [2.24, 2.45) is 0 Å². The SMILES string of the molecule is CCN(C(=O)c1cccc(NC(=S)NC(=O)c2ccc(Br)o2)c1)c1ccccc1. The molecule has 0 unspecified atom stereocenters. The molecular weight excluding hydrogens is 454 g/mol. The Kier molecular flexibility index (Phi) is 6.79. The number of anilines is 2. The molecule has 8 heteroatoms. The highest BCUT2D eigenvalue weighted by molar-refractivity contribution is 9.10. The van der Waals surface area contributed by atoms with E-state index < -0.39 is 5.91 Å². The standard InChI is InChI=1S/C21H18BrN3O3S/c1-2-25(16-9-4-3-5-10-16)20(27)14-7-6-8-15(13-14)23-21(29)24-19(26)17-11-12-18(22)28-17/h3-13H,2H2,1H3,(H2,23,24,26,29). The summed E-state index contributed by atoms with van der Waals surface area (Å²) in [4.78, 5) is 26.8. The first-order chi connectivity index (χ1) is 14.0. The Bertz CT molecular complexity index is 1040. The van der Waals surface area contributed by atoms with Crippen molar-refractivity contribution < 1.29 is 14.0 Å². The molecule has 0 spiro atoms. The van der Waals surface area contributed by atoms with E-state index in [2.05, 4.69) is 26.6 Å². The highest BCUT2D eigenvalue weighted by Crippen LogP contribution is 2.19. The van der Waals surface area contributed by atoms with Crippen molar-refractivity contribution in [2.45, 2.75) is 6.92 Å². The maximum Gasteiger partial charge on any atom is 0.293 e. The summed E-state index contributed by atoms with van der Waals surface area (Å²) in [5.74, 6) is -0.467. The molecule has 1 aromatic heterocycles. The zero-order chi connectivity index (χ0) is 20.8. The first kappa shape index (κ1) is 20.8. The van der Waals surface area contributed by atoms with Crippen LogP contribution in [0.5, 0.6) is 0 Å². The fourth-order valence-corrected chi connectivity index (χ4v) is 3.22. The van der Waals surface area contributed by atoms with Gasteiger partial charge in [0, 0.05) is 23.5 Å². The molecule has 0 aliphatic carbocycles. The second-order valence-electron chi connectivity index (χ2n) is 5.98. The second-order valence-corrected chi connectivity index (χ2v) is 7.17. The third-order valence-corrected chi connectivity index (χ3v) is 4.65. The fraction of sp³-hybridized carbons (Fsp3) is 0.0952. The van der Waals surface area contributed by atoms with Crippen LogP contribution < -0.4 is 15.5 Å². The minimum atomic E-state index is -0.471. The lowest BCUT2D eigenvalue weighted by Gasteiger charge is -2.21. The van der Waals surface area contributed by atoms with Gasteiger partial charge in [0.2, 0.25) is 0 Å². The quantitative estimate of drug-likeness (QED) is 0.520. The van der Waals surface area contributed by atoms with Crippen molar-refractivity contribution in [3.8, 4) is 0 Å². The third kappa shape index (κ3) is 5.30. The number of benzene rings is 2. The minimum Gasteiger partial charge on any atom is -0.444 e. The number of hydrogen-bond donors (Lipinski definition) is 2. The number of amides is 2. The molecule has 0 bridgehead atoms. The van der Waals surface area contributed by atoms with Gasteiger partial charge >= 0.3 is 0 Å². The summed E-state index contributed by atoms with van der Waals surface area (Å²) in [7, 11) is 0. The van der Waals surface area contributed by atoms with Crippen molar-refractivity contribution in [1.82, 2.24) is 5.32 Å². The minimum absolute atomic E-state index is 0.0996. The van der Waals surface area contributed by atoms with Crippen molar-refractivity contribution in [3.63, 3.8) is 0 Å². The smallest absolute Gasteiger partial charge is 0.293 e. The molecule has 29 heavy (non-hydrogen) atoms. The Balaban J connectivity index is 1.69. The van der Waals surface area contributed by atoms with Crippen LogP contribution in [0, 0.1) is 0 Å². The lowest BCUT2D eigenvalue weighted by atomic mass is 10.1. The molecule has 0 radical (unpaired) electrons. The van der Waals surface area contributed by atoms with Crippen LogP contribution in [0.25, 0.3) is 0 Å². The molecular formula is C21H18BrN3O3S. The van der Waals surface area contributed by atoms with Crippen LogP contribution in [0.3, 0.4) is 0 Å². The lowest BCUT2D eigenvalue weighted by Crippen LogP contribution is -2.34. The molecule has 2 N–H and O–H groups in total. The first-order valence-electron chi connectivity index (χ1n) is 8.82. The zero-order valence-corrected chi connectivity index (χ0v) is 17.9. The van der Waals surface area contributed by atoms with Gasteiger partial charge in [-0.2, -0.15) is 0 Å². The molecule has 0 aliphatic heterocycles. The van der Waals surface area contributed by atoms with Crippen LogP contribution in [0.15, 0.2) is 75.8 Å². The Morgan fingerprint density at radius 2 is 1.83 bits per heavy atom. The molecule has 148 valence electrons. The van der Waals surface area contributed by atoms with Crippen molar-refractivity contribution in [1.29, 1.82) is 0 Å². The Morgan fingerprint density at radius 3 is 2.48 bits per heavy atom. The van der Waals surface area contributed by atoms with E-state index in [1.54, 1.807) is 35.2 Å². The predicted molar refractivity (Wildman–Crippen MR) is 120 cm³/mol. The van der Waals surface area contributed by atoms with Crippen LogP contribution in [0.1, 0.15) is 27.8 Å². The molecule has 0 saturated heterocycles. The molecule has 0 aliphatic rings. The van der Waals surface area contributed by atoms with E-state index in [1.807, 2.05) is 37.3 Å². The number of carbonyl (C=O) groups is 2. The second kappa shape index (κ2) is 9.49. The summed E-state index contributed by atoms with van der Waals surface area (Å²) in [5, 5.41) is 5.55. The number of hydrogen-bond acceptors (Lipinski definition) is 4. The number of nitrogens with zero attached hydrogens (tertiary/aromatic N) is 1. The average Bonchev–Trinajstić information content (AvgIpc) is 3.16. The summed E-state index contributed by atoms with van der Waals surface area (Å²) in [6, 6.07) is 19.6. The molecule has 1 heterocycles. The van der Waals surface area contributed by atoms with Gasteiger partial charge in [0.05, 0.1) is 0 Å². The van der Waals surface area contributed by atoms with E-state index in [4.69, 9.17) is 16.6 Å². The summed E-state index contributed by atoms with van der Waals surface area (Å²) >= 11 is 8.33. The van der Waals surface area contributed by atoms with Gasteiger partial charge in [-0.3, -0.25) is 14.9 Å². The first-order valence-corrected chi connectivity index (χ1v) is 10.0. The monoisotopic (exact) mass is 471 g/mol. The van der Waals surface area contributed by atoms with Crippen LogP contribution in [0.2, 0.25) is 0 Å². The highest BCUT2D eigenvalue weighted by atomic mass is 79.9. The van der Waals surface area contributed by atoms with E-state index in [-0.39, 0.29) is 16.8 Å². The maximum absolute atomic E-state index is 13.0. The van der Waals surface area contributed by atoms with Gasteiger partial charge in [0.15, 0.2) is 15.5 Å². The molecule has 3 rings (SSSR count). The van der Waals surface area contributed by atoms with Gasteiger partial charge in [-0.15, -0.1) is 0 Å². The van der Waals surface area contributed by atoms with Crippen molar-refractivity contribution in [2.75, 3.05) is 16.8 Å². The number of furan rings is 1. The van der Waals surface area contributed by atoms with Gasteiger partial charge in [-0.25, -0.2) is 0 Å². The predicted octanol–water partition coefficient (Wildman–Crippen LogP) is 4.84. The number of rotatable bonds is 5. The van der Waals surface area contributed by atoms with Crippen molar-refractivity contribution >= 4 is 56.4 Å². The molecule has 0 saturated carbocycles. The Morgan fingerprint density at radius 1 is 1.07 bits per heavy atom. The van der Waals surface area contributed by atoms with Gasteiger partial charge < -0.3 is 14.6 Å². The van der Waals surface area contributed by atoms with E-state index in [9.17, 15) is 9.59 Å². The summed E-state index contributed by atoms with van der Waals surface area (Å²) < 4.78 is 5.65. The van der Waals surface area contributed by atoms with E-state index in [1.165, 1.54) is 6.07 Å². The highest BCUT2D eigenvalue weighted by Gasteiger charge is 2.17. The largest absolute Gasteiger partial charge is 0.444 e. The van der Waals surface area contributed by atoms with Crippen molar-refractivity contribution in [3.05, 3.63) is 82.7 Å². The molecule has 0 atom stereocenters. The number of carbonyl (C=O) groups excluding carboxylic acids is 2. The molecule has 2 amide bonds. The molecule has 0 fully saturated rings. The average molecular weight is 472 g/mol. The van der Waals surface area contributed by atoms with E-state index in [0.29, 0.717) is 22.5 Å². The summed E-state index contributed by atoms with van der Waals surface area (Å²) in [6.07, 6.45) is 0. The topological polar surface area (TPSA) is 74.6 Å².